The molecule has 5 nitrogen and oxygen atoms in total. The normalized spacial score (nSPS) is 22.0. The van der Waals surface area contributed by atoms with Gasteiger partial charge in [-0.1, -0.05) is 0 Å². The minimum absolute atomic E-state index is 0.185. The highest BCUT2D eigenvalue weighted by atomic mass is 32.2. The highest BCUT2D eigenvalue weighted by molar-refractivity contribution is 8.00. The first kappa shape index (κ1) is 16.5. The van der Waals surface area contributed by atoms with E-state index in [1.54, 1.807) is 0 Å². The molecule has 0 aromatic heterocycles. The molecule has 2 N–H and O–H groups in total. The monoisotopic (exact) mass is 312 g/mol. The van der Waals surface area contributed by atoms with Gasteiger partial charge in [-0.2, -0.15) is 11.8 Å². The molecular weight excluding hydrogens is 284 g/mol. The lowest BCUT2D eigenvalue weighted by molar-refractivity contribution is -0.121. The lowest BCUT2D eigenvalue weighted by Crippen LogP contribution is -2.51. The van der Waals surface area contributed by atoms with Gasteiger partial charge in [0, 0.05) is 49.6 Å². The molecule has 0 bridgehead atoms. The van der Waals surface area contributed by atoms with Gasteiger partial charge < -0.3 is 15.5 Å². The number of hydrogen-bond donors (Lipinski definition) is 2. The van der Waals surface area contributed by atoms with E-state index in [4.69, 9.17) is 0 Å². The third-order valence-corrected chi connectivity index (χ3v) is 5.04. The number of thioether (sulfide) groups is 1. The maximum Gasteiger partial charge on any atom is 0.220 e. The van der Waals surface area contributed by atoms with Crippen molar-refractivity contribution in [3.8, 4) is 0 Å². The molecule has 1 amide bonds. The average Bonchev–Trinajstić information content (AvgIpc) is 3.21. The van der Waals surface area contributed by atoms with Gasteiger partial charge in [-0.15, -0.1) is 0 Å². The largest absolute Gasteiger partial charge is 0.356 e. The van der Waals surface area contributed by atoms with Crippen molar-refractivity contribution >= 4 is 23.6 Å². The molecule has 0 aromatic rings. The summed E-state index contributed by atoms with van der Waals surface area (Å²) in [6.45, 7) is 7.41. The van der Waals surface area contributed by atoms with Crippen LogP contribution < -0.4 is 10.6 Å². The van der Waals surface area contributed by atoms with Crippen LogP contribution in [-0.2, 0) is 4.79 Å². The van der Waals surface area contributed by atoms with Crippen molar-refractivity contribution < 1.29 is 4.79 Å². The molecule has 2 rings (SSSR count). The van der Waals surface area contributed by atoms with Gasteiger partial charge in [-0.3, -0.25) is 9.79 Å². The number of amides is 1. The Morgan fingerprint density at radius 3 is 2.81 bits per heavy atom. The van der Waals surface area contributed by atoms with Gasteiger partial charge in [0.1, 0.15) is 0 Å². The number of aliphatic imine (C=N–C) groups is 1. The second kappa shape index (κ2) is 7.38. The van der Waals surface area contributed by atoms with Gasteiger partial charge >= 0.3 is 0 Å². The van der Waals surface area contributed by atoms with Gasteiger partial charge in [0.15, 0.2) is 5.96 Å². The molecule has 0 spiro atoms. The van der Waals surface area contributed by atoms with Crippen LogP contribution in [0.3, 0.4) is 0 Å². The lowest BCUT2D eigenvalue weighted by atomic mass is 10.2. The molecule has 1 aliphatic carbocycles. The van der Waals surface area contributed by atoms with Crippen LogP contribution >= 0.6 is 11.8 Å². The van der Waals surface area contributed by atoms with E-state index < -0.39 is 0 Å². The second-order valence-electron chi connectivity index (χ2n) is 6.45. The molecule has 1 heterocycles. The summed E-state index contributed by atoms with van der Waals surface area (Å²) in [6.07, 6.45) is 3.75. The van der Waals surface area contributed by atoms with Crippen molar-refractivity contribution in [2.75, 3.05) is 32.4 Å². The Bertz CT molecular complexity index is 393. The summed E-state index contributed by atoms with van der Waals surface area (Å²) in [4.78, 5) is 18.3. The summed E-state index contributed by atoms with van der Waals surface area (Å²) in [5.41, 5.74) is 0. The fraction of sp³-hybridized carbons (Fsp3) is 0.867. The van der Waals surface area contributed by atoms with Gasteiger partial charge in [-0.25, -0.2) is 0 Å². The summed E-state index contributed by atoms with van der Waals surface area (Å²) in [6, 6.07) is 0.464. The molecule has 0 aromatic carbocycles. The Kier molecular flexibility index (Phi) is 5.79. The van der Waals surface area contributed by atoms with Crippen LogP contribution in [0.1, 0.15) is 39.5 Å². The van der Waals surface area contributed by atoms with Crippen LogP contribution in [0.4, 0.5) is 0 Å². The fourth-order valence-electron chi connectivity index (χ4n) is 2.51. The second-order valence-corrected chi connectivity index (χ2v) is 8.25. The van der Waals surface area contributed by atoms with E-state index in [9.17, 15) is 4.79 Å². The van der Waals surface area contributed by atoms with Crippen LogP contribution in [0.2, 0.25) is 0 Å². The molecule has 0 unspecified atom stereocenters. The molecule has 0 radical (unpaired) electrons. The molecule has 1 saturated carbocycles. The molecule has 2 aliphatic rings. The minimum atomic E-state index is 0.185. The van der Waals surface area contributed by atoms with Crippen molar-refractivity contribution in [2.45, 2.75) is 50.3 Å². The number of carbonyl (C=O) groups is 1. The third kappa shape index (κ3) is 5.77. The number of guanidine groups is 1. The molecule has 21 heavy (non-hydrogen) atoms. The Labute approximate surface area is 132 Å². The number of nitrogens with one attached hydrogen (secondary N) is 2. The predicted molar refractivity (Wildman–Crippen MR) is 89.9 cm³/mol. The number of nitrogens with zero attached hydrogens (tertiary/aromatic N) is 2. The average molecular weight is 312 g/mol. The van der Waals surface area contributed by atoms with E-state index in [2.05, 4.69) is 34.4 Å². The first-order valence-electron chi connectivity index (χ1n) is 7.89. The Morgan fingerprint density at radius 1 is 1.43 bits per heavy atom. The van der Waals surface area contributed by atoms with E-state index in [1.165, 1.54) is 0 Å². The number of carbonyl (C=O) groups excluding carboxylic acids is 1. The van der Waals surface area contributed by atoms with Crippen molar-refractivity contribution in [3.63, 3.8) is 0 Å². The van der Waals surface area contributed by atoms with E-state index >= 15 is 0 Å². The molecule has 6 heteroatoms. The van der Waals surface area contributed by atoms with Gasteiger partial charge in [0.05, 0.1) is 0 Å². The van der Waals surface area contributed by atoms with Crippen LogP contribution in [0.25, 0.3) is 0 Å². The topological polar surface area (TPSA) is 56.7 Å². The standard InChI is InChI=1S/C15H28N4OS/c1-15(2)11-19(9-10-21-15)14(16-3)17-8-4-5-13(20)18-12-6-7-12/h12H,4-11H2,1-3H3,(H,16,17)(H,18,20). The third-order valence-electron chi connectivity index (χ3n) is 3.74. The molecule has 1 aliphatic heterocycles. The summed E-state index contributed by atoms with van der Waals surface area (Å²) in [5.74, 6) is 2.29. The highest BCUT2D eigenvalue weighted by Gasteiger charge is 2.28. The summed E-state index contributed by atoms with van der Waals surface area (Å²) < 4.78 is 0.278. The SMILES string of the molecule is CN=C(NCCCC(=O)NC1CC1)N1CCSC(C)(C)C1. The van der Waals surface area contributed by atoms with Crippen LogP contribution in [-0.4, -0.2) is 60.0 Å². The van der Waals surface area contributed by atoms with Crippen molar-refractivity contribution in [1.29, 1.82) is 0 Å². The van der Waals surface area contributed by atoms with E-state index in [-0.39, 0.29) is 10.7 Å². The van der Waals surface area contributed by atoms with E-state index in [0.29, 0.717) is 12.5 Å². The molecule has 2 fully saturated rings. The summed E-state index contributed by atoms with van der Waals surface area (Å²) in [7, 11) is 1.83. The summed E-state index contributed by atoms with van der Waals surface area (Å²) in [5, 5.41) is 6.41. The Morgan fingerprint density at radius 2 is 2.19 bits per heavy atom. The van der Waals surface area contributed by atoms with Crippen LogP contribution in [0.5, 0.6) is 0 Å². The smallest absolute Gasteiger partial charge is 0.220 e. The van der Waals surface area contributed by atoms with E-state index in [0.717, 1.165) is 50.6 Å². The first-order valence-corrected chi connectivity index (χ1v) is 8.88. The first-order chi connectivity index (χ1) is 10.00. The predicted octanol–water partition coefficient (Wildman–Crippen LogP) is 1.45. The van der Waals surface area contributed by atoms with Crippen LogP contribution in [0, 0.1) is 0 Å². The van der Waals surface area contributed by atoms with Gasteiger partial charge in [0.25, 0.3) is 0 Å². The highest BCUT2D eigenvalue weighted by Crippen LogP contribution is 2.29. The number of hydrogen-bond acceptors (Lipinski definition) is 3. The van der Waals surface area contributed by atoms with E-state index in [1.807, 2.05) is 18.8 Å². The quantitative estimate of drug-likeness (QED) is 0.458. The molecular formula is C15H28N4OS. The van der Waals surface area contributed by atoms with Crippen molar-refractivity contribution in [1.82, 2.24) is 15.5 Å². The zero-order valence-corrected chi connectivity index (χ0v) is 14.3. The zero-order chi connectivity index (χ0) is 15.3. The molecule has 0 atom stereocenters. The lowest BCUT2D eigenvalue weighted by Gasteiger charge is -2.39. The zero-order valence-electron chi connectivity index (χ0n) is 13.4. The Balaban J connectivity index is 1.66. The fourth-order valence-corrected chi connectivity index (χ4v) is 3.62. The van der Waals surface area contributed by atoms with Gasteiger partial charge in [-0.05, 0) is 33.1 Å². The molecule has 120 valence electrons. The maximum atomic E-state index is 11.6. The molecule has 1 saturated heterocycles. The summed E-state index contributed by atoms with van der Waals surface area (Å²) >= 11 is 2.02. The van der Waals surface area contributed by atoms with Crippen molar-refractivity contribution in [3.05, 3.63) is 0 Å². The number of rotatable bonds is 5. The van der Waals surface area contributed by atoms with Gasteiger partial charge in [0.2, 0.25) is 5.91 Å². The Hall–Kier alpha value is -0.910. The maximum absolute atomic E-state index is 11.6. The minimum Gasteiger partial charge on any atom is -0.356 e. The van der Waals surface area contributed by atoms with Crippen LogP contribution in [0.15, 0.2) is 4.99 Å². The van der Waals surface area contributed by atoms with Crippen molar-refractivity contribution in [2.24, 2.45) is 4.99 Å².